The number of phosphoric ester groups is 1. The van der Waals surface area contributed by atoms with E-state index in [1.807, 2.05) is 0 Å². The summed E-state index contributed by atoms with van der Waals surface area (Å²) in [6, 6.07) is 1.51. The van der Waals surface area contributed by atoms with Crippen LogP contribution in [0.4, 0.5) is 20.3 Å². The van der Waals surface area contributed by atoms with Crippen LogP contribution in [-0.4, -0.2) is 98.1 Å². The second-order valence-corrected chi connectivity index (χ2v) is 12.5. The number of nitrogens with zero attached hydrogens (tertiary/aromatic N) is 6. The fraction of sp³-hybridized carbons (Fsp3) is 0.500. The van der Waals surface area contributed by atoms with Gasteiger partial charge in [0.2, 0.25) is 0 Å². The van der Waals surface area contributed by atoms with Gasteiger partial charge < -0.3 is 39.4 Å². The summed E-state index contributed by atoms with van der Waals surface area (Å²) in [7, 11) is -10.3. The maximum absolute atomic E-state index is 16.0. The van der Waals surface area contributed by atoms with Crippen LogP contribution in [0.25, 0.3) is 11.2 Å². The third-order valence-electron chi connectivity index (χ3n) is 7.41. The van der Waals surface area contributed by atoms with Crippen LogP contribution in [0.15, 0.2) is 29.9 Å². The molecule has 0 spiro atoms. The van der Waals surface area contributed by atoms with Gasteiger partial charge in [-0.15, -0.1) is 0 Å². The monoisotopic (exact) mass is 673 g/mol. The molecule has 3 fully saturated rings. The van der Waals surface area contributed by atoms with Crippen molar-refractivity contribution < 1.29 is 55.2 Å². The second kappa shape index (κ2) is 11.0. The molecule has 4 aliphatic heterocycles. The highest BCUT2D eigenvalue weighted by atomic mass is 31.2. The van der Waals surface area contributed by atoms with Gasteiger partial charge in [-0.05, 0) is 6.07 Å². The number of hydrogen-bond acceptors (Lipinski definition) is 15. The SMILES string of the molecule is [BH3-]P1(=O)OC[C@H]2O[C@@H](n3cnc4c(N)ccnc43)[C@H](F)[C@@H]2OP(=O)(O)OC[C@H]2O[C@@H](n3cnc4c3N=C(N)CC4=O)[C@H](F)[C@@H]2O1. The Kier molecular flexibility index (Phi) is 7.46. The molecule has 3 saturated heterocycles. The first-order valence-corrected chi connectivity index (χ1v) is 15.6. The minimum atomic E-state index is -5.07. The predicted molar refractivity (Wildman–Crippen MR) is 151 cm³/mol. The number of fused-ring (bicyclic) bond motifs is 4. The second-order valence-electron chi connectivity index (χ2n) is 10.2. The lowest BCUT2D eigenvalue weighted by Gasteiger charge is -2.30. The summed E-state index contributed by atoms with van der Waals surface area (Å²) >= 11 is 0. The number of nitrogens with two attached hydrogens (primary N) is 2. The molecular weight excluding hydrogens is 647 g/mol. The molecule has 7 heterocycles. The summed E-state index contributed by atoms with van der Waals surface area (Å²) < 4.78 is 94.2. The zero-order valence-corrected chi connectivity index (χ0v) is 23.9. The standard InChI is InChI=1S/C22H26BF2N8O10P2/c23-44(35)38-4-10-18(14(25)21(40-10)32-6-29-15-8(26)1-2-28-19(15)32)43-45(36,37)39-5-11-17(42-44)13(24)22(41-11)33-7-30-16-9(34)3-12(27)31-20(16)33/h1-2,6-7,10-11,13-14,17-18,21-22H,3-5H2,23H3,(H2,26,28)(H2,27,31)(H,36,37)/q-1/t10-,11-,13-,14-,17-,18-,21-,22-,44?/m1/s1. The van der Waals surface area contributed by atoms with Crippen LogP contribution < -0.4 is 11.5 Å². The Labute approximate surface area is 252 Å². The van der Waals surface area contributed by atoms with Crippen LogP contribution in [0.1, 0.15) is 29.4 Å². The van der Waals surface area contributed by atoms with Gasteiger partial charge >= 0.3 is 7.82 Å². The van der Waals surface area contributed by atoms with Crippen LogP contribution in [0.3, 0.4) is 0 Å². The molecule has 4 aliphatic rings. The number of phosphoric acid groups is 1. The fourth-order valence-electron chi connectivity index (χ4n) is 5.38. The van der Waals surface area contributed by atoms with E-state index in [0.717, 1.165) is 10.9 Å². The number of hydrogen-bond donors (Lipinski definition) is 3. The average Bonchev–Trinajstić information content (AvgIpc) is 3.72. The number of imidazole rings is 2. The molecule has 45 heavy (non-hydrogen) atoms. The van der Waals surface area contributed by atoms with Gasteiger partial charge in [0, 0.05) is 6.20 Å². The molecule has 242 valence electrons. The van der Waals surface area contributed by atoms with Crippen molar-refractivity contribution in [1.82, 2.24) is 24.1 Å². The Morgan fingerprint density at radius 1 is 0.956 bits per heavy atom. The van der Waals surface area contributed by atoms with E-state index in [2.05, 4.69) is 19.9 Å². The lowest BCUT2D eigenvalue weighted by molar-refractivity contribution is -0.0610. The molecule has 23 heteroatoms. The summed E-state index contributed by atoms with van der Waals surface area (Å²) in [5, 5.41) is 0. The third kappa shape index (κ3) is 5.41. The maximum atomic E-state index is 16.0. The number of carbonyl (C=O) groups excluding carboxylic acids is 1. The zero-order valence-electron chi connectivity index (χ0n) is 22.2. The van der Waals surface area contributed by atoms with Crippen LogP contribution in [0.5, 0.6) is 0 Å². The first-order chi connectivity index (χ1) is 21.3. The quantitative estimate of drug-likeness (QED) is 0.246. The average molecular weight is 673 g/mol. The van der Waals surface area contributed by atoms with Crippen molar-refractivity contribution in [2.45, 2.75) is 55.6 Å². The Balaban J connectivity index is 1.16. The maximum Gasteiger partial charge on any atom is 0.472 e. The van der Waals surface area contributed by atoms with Gasteiger partial charge in [-0.2, -0.15) is 0 Å². The van der Waals surface area contributed by atoms with Crippen molar-refractivity contribution in [3.05, 3.63) is 30.6 Å². The van der Waals surface area contributed by atoms with Gasteiger partial charge in [-0.1, -0.05) is 0 Å². The number of rotatable bonds is 2. The van der Waals surface area contributed by atoms with E-state index in [0.29, 0.717) is 0 Å². The molecule has 10 atom stereocenters. The van der Waals surface area contributed by atoms with Crippen molar-refractivity contribution in [3.8, 4) is 0 Å². The van der Waals surface area contributed by atoms with Crippen molar-refractivity contribution >= 4 is 57.2 Å². The van der Waals surface area contributed by atoms with Crippen molar-refractivity contribution in [2.75, 3.05) is 18.9 Å². The number of ketones is 1. The highest BCUT2D eigenvalue weighted by Gasteiger charge is 2.54. The van der Waals surface area contributed by atoms with E-state index < -0.39 is 91.1 Å². The molecule has 0 saturated carbocycles. The Bertz CT molecular complexity index is 1810. The molecule has 0 aromatic carbocycles. The molecule has 5 N–H and O–H groups in total. The van der Waals surface area contributed by atoms with E-state index in [-0.39, 0.29) is 40.6 Å². The molecule has 0 radical (unpaired) electrons. The van der Waals surface area contributed by atoms with Gasteiger partial charge in [-0.25, -0.2) is 33.3 Å². The third-order valence-corrected chi connectivity index (χ3v) is 9.17. The number of halogens is 2. The summed E-state index contributed by atoms with van der Waals surface area (Å²) in [5.41, 5.74) is 12.4. The molecule has 2 unspecified atom stereocenters. The molecule has 3 aromatic heterocycles. The van der Waals surface area contributed by atoms with Crippen molar-refractivity contribution in [1.29, 1.82) is 0 Å². The molecule has 0 bridgehead atoms. The summed E-state index contributed by atoms with van der Waals surface area (Å²) in [6.45, 7) is -1.40. The fourth-order valence-corrected chi connectivity index (χ4v) is 7.12. The van der Waals surface area contributed by atoms with E-state index in [1.165, 1.54) is 23.2 Å². The van der Waals surface area contributed by atoms with Crippen molar-refractivity contribution in [3.63, 3.8) is 0 Å². The molecule has 3 aromatic rings. The normalized spacial score (nSPS) is 39.0. The van der Waals surface area contributed by atoms with E-state index in [9.17, 15) is 18.8 Å². The van der Waals surface area contributed by atoms with Crippen LogP contribution in [-0.2, 0) is 36.7 Å². The number of Topliss-reactive ketones (excluding diaryl/α,β-unsaturated/α-hetero) is 1. The molecule has 0 amide bonds. The van der Waals surface area contributed by atoms with E-state index in [1.54, 1.807) is 0 Å². The minimum absolute atomic E-state index is 0.0165. The topological polar surface area (TPSA) is 240 Å². The van der Waals surface area contributed by atoms with Crippen LogP contribution in [0.2, 0.25) is 0 Å². The number of alkyl halides is 2. The Morgan fingerprint density at radius 2 is 1.60 bits per heavy atom. The number of carbonyl (C=O) groups is 1. The van der Waals surface area contributed by atoms with Crippen LogP contribution in [0, 0.1) is 0 Å². The Hall–Kier alpha value is -3.13. The largest absolute Gasteiger partial charge is 0.472 e. The smallest absolute Gasteiger partial charge is 0.397 e. The number of anilines is 1. The number of nitrogen functional groups attached to an aromatic ring is 1. The van der Waals surface area contributed by atoms with Gasteiger partial charge in [-0.3, -0.25) is 23.0 Å². The number of amidine groups is 1. The summed E-state index contributed by atoms with van der Waals surface area (Å²) in [4.78, 5) is 39.3. The lowest BCUT2D eigenvalue weighted by Crippen LogP contribution is -2.37. The molecule has 0 aliphatic carbocycles. The predicted octanol–water partition coefficient (Wildman–Crippen LogP) is 0.347. The van der Waals surface area contributed by atoms with E-state index >= 15 is 8.78 Å². The van der Waals surface area contributed by atoms with E-state index in [4.69, 9.17) is 39.0 Å². The molecule has 18 nitrogen and oxygen atoms in total. The number of aliphatic imine (C=N–C) groups is 1. The van der Waals surface area contributed by atoms with Gasteiger partial charge in [0.25, 0.3) is 0 Å². The number of aromatic nitrogens is 5. The van der Waals surface area contributed by atoms with Crippen LogP contribution >= 0.6 is 15.3 Å². The summed E-state index contributed by atoms with van der Waals surface area (Å²) in [5.74, 6) is -0.503. The van der Waals surface area contributed by atoms with Gasteiger partial charge in [0.1, 0.15) is 43.2 Å². The number of pyridine rings is 1. The van der Waals surface area contributed by atoms with Gasteiger partial charge in [0.05, 0.1) is 45.5 Å². The summed E-state index contributed by atoms with van der Waals surface area (Å²) in [6.07, 6.45) is -9.72. The Morgan fingerprint density at radius 3 is 2.33 bits per heavy atom. The molecular formula is C22H26BF2N8O10P2-. The lowest BCUT2D eigenvalue weighted by atomic mass is 10.1. The zero-order chi connectivity index (χ0) is 31.8. The highest BCUT2D eigenvalue weighted by molar-refractivity contribution is 7.79. The first-order valence-electron chi connectivity index (χ1n) is 13.0. The first kappa shape index (κ1) is 30.5. The molecule has 7 rings (SSSR count). The highest BCUT2D eigenvalue weighted by Crippen LogP contribution is 2.54. The van der Waals surface area contributed by atoms with Gasteiger partial charge in [0.15, 0.2) is 47.7 Å². The number of ether oxygens (including phenoxy) is 2. The van der Waals surface area contributed by atoms with Crippen molar-refractivity contribution in [2.24, 2.45) is 10.7 Å². The minimum Gasteiger partial charge on any atom is -0.397 e.